The van der Waals surface area contributed by atoms with Gasteiger partial charge in [-0.2, -0.15) is 10.1 Å². The molecule has 33 heavy (non-hydrogen) atoms. The molecule has 176 valence electrons. The second-order valence-electron chi connectivity index (χ2n) is 9.26. The average Bonchev–Trinajstić information content (AvgIpc) is 3.52. The summed E-state index contributed by atoms with van der Waals surface area (Å²) in [5.74, 6) is 1.44. The number of hydrogen-bond acceptors (Lipinski definition) is 7. The number of aromatic nitrogens is 6. The fourth-order valence-corrected chi connectivity index (χ4v) is 4.87. The maximum atomic E-state index is 13.2. The Labute approximate surface area is 192 Å². The number of carbonyl (C=O) groups is 1. The second-order valence-corrected chi connectivity index (χ2v) is 9.26. The minimum atomic E-state index is -0.341. The van der Waals surface area contributed by atoms with E-state index in [2.05, 4.69) is 28.9 Å². The van der Waals surface area contributed by atoms with Gasteiger partial charge in [-0.15, -0.1) is 0 Å². The summed E-state index contributed by atoms with van der Waals surface area (Å²) in [5, 5.41) is 4.45. The lowest BCUT2D eigenvalue weighted by molar-refractivity contribution is -0.145. The number of amides is 1. The van der Waals surface area contributed by atoms with Crippen molar-refractivity contribution in [2.24, 2.45) is 12.5 Å². The van der Waals surface area contributed by atoms with E-state index in [9.17, 15) is 4.79 Å². The lowest BCUT2D eigenvalue weighted by atomic mass is 9.81. The topological polar surface area (TPSA) is 100 Å². The molecule has 0 radical (unpaired) electrons. The number of aryl methyl sites for hydroxylation is 2. The molecule has 0 saturated carbocycles. The summed E-state index contributed by atoms with van der Waals surface area (Å²) in [6.45, 7) is 9.50. The van der Waals surface area contributed by atoms with Crippen molar-refractivity contribution < 1.29 is 14.3 Å². The van der Waals surface area contributed by atoms with Crippen LogP contribution in [0.15, 0.2) is 12.5 Å². The smallest absolute Gasteiger partial charge is 0.245 e. The molecule has 2 aliphatic rings. The molecule has 3 aromatic rings. The van der Waals surface area contributed by atoms with E-state index >= 15 is 0 Å². The third kappa shape index (κ3) is 3.76. The number of likely N-dealkylation sites (tertiary alicyclic amines) is 1. The first-order chi connectivity index (χ1) is 15.9. The lowest BCUT2D eigenvalue weighted by Gasteiger charge is -2.35. The quantitative estimate of drug-likeness (QED) is 0.585. The highest BCUT2D eigenvalue weighted by Gasteiger charge is 2.41. The van der Waals surface area contributed by atoms with Gasteiger partial charge in [-0.1, -0.05) is 6.92 Å². The highest BCUT2D eigenvalue weighted by molar-refractivity contribution is 5.83. The zero-order chi connectivity index (χ0) is 23.2. The molecule has 5 heterocycles. The predicted molar refractivity (Wildman–Crippen MR) is 122 cm³/mol. The molecule has 0 bridgehead atoms. The van der Waals surface area contributed by atoms with Crippen molar-refractivity contribution in [3.8, 4) is 17.3 Å². The van der Waals surface area contributed by atoms with Gasteiger partial charge in [-0.3, -0.25) is 9.48 Å². The highest BCUT2D eigenvalue weighted by Crippen LogP contribution is 2.34. The molecule has 10 nitrogen and oxygen atoms in total. The Balaban J connectivity index is 1.37. The summed E-state index contributed by atoms with van der Waals surface area (Å²) < 4.78 is 15.6. The van der Waals surface area contributed by atoms with Gasteiger partial charge in [0, 0.05) is 45.5 Å². The molecule has 1 amide bonds. The standard InChI is InChI=1S/C23H31N7O3/c1-5-30-15(2)17(12-26-30)19-27-18-20(28(19)4)24-14-25-21(18)33-16-6-9-29(13-16)22(31)23(3)7-10-32-11-8-23/h12,14,16H,5-11,13H2,1-4H3. The van der Waals surface area contributed by atoms with Crippen molar-refractivity contribution in [1.82, 2.24) is 34.2 Å². The van der Waals surface area contributed by atoms with E-state index in [0.717, 1.165) is 42.9 Å². The lowest BCUT2D eigenvalue weighted by Crippen LogP contribution is -2.44. The van der Waals surface area contributed by atoms with Crippen LogP contribution in [0.5, 0.6) is 5.88 Å². The summed E-state index contributed by atoms with van der Waals surface area (Å²) >= 11 is 0. The molecule has 1 atom stereocenters. The number of nitrogens with zero attached hydrogens (tertiary/aromatic N) is 7. The second kappa shape index (κ2) is 8.40. The molecule has 0 spiro atoms. The van der Waals surface area contributed by atoms with Crippen LogP contribution in [0.3, 0.4) is 0 Å². The first-order valence-corrected chi connectivity index (χ1v) is 11.7. The van der Waals surface area contributed by atoms with Gasteiger partial charge in [-0.25, -0.2) is 9.97 Å². The monoisotopic (exact) mass is 453 g/mol. The molecule has 10 heteroatoms. The maximum Gasteiger partial charge on any atom is 0.245 e. The first kappa shape index (κ1) is 21.8. The molecule has 2 saturated heterocycles. The number of fused-ring (bicyclic) bond motifs is 1. The summed E-state index contributed by atoms with van der Waals surface area (Å²) in [5.41, 5.74) is 3.01. The third-order valence-electron chi connectivity index (χ3n) is 7.09. The molecule has 0 N–H and O–H groups in total. The number of rotatable bonds is 5. The Bertz CT molecular complexity index is 1180. The Morgan fingerprint density at radius 1 is 1.30 bits per heavy atom. The fraction of sp³-hybridized carbons (Fsp3) is 0.609. The van der Waals surface area contributed by atoms with Crippen LogP contribution in [0.1, 0.15) is 38.8 Å². The van der Waals surface area contributed by atoms with Crippen molar-refractivity contribution >= 4 is 17.1 Å². The number of imidazole rings is 1. The van der Waals surface area contributed by atoms with E-state index in [0.29, 0.717) is 43.3 Å². The Kier molecular flexibility index (Phi) is 5.55. The van der Waals surface area contributed by atoms with Gasteiger partial charge < -0.3 is 18.9 Å². The summed E-state index contributed by atoms with van der Waals surface area (Å²) in [6, 6.07) is 0. The Hall–Kier alpha value is -3.01. The largest absolute Gasteiger partial charge is 0.471 e. The highest BCUT2D eigenvalue weighted by atomic mass is 16.5. The molecule has 0 aliphatic carbocycles. The molecule has 0 aromatic carbocycles. The number of hydrogen-bond donors (Lipinski definition) is 0. The van der Waals surface area contributed by atoms with Crippen LogP contribution in [0.2, 0.25) is 0 Å². The fourth-order valence-electron chi connectivity index (χ4n) is 4.87. The predicted octanol–water partition coefficient (Wildman–Crippen LogP) is 2.35. The zero-order valence-electron chi connectivity index (χ0n) is 19.7. The van der Waals surface area contributed by atoms with E-state index in [-0.39, 0.29) is 17.4 Å². The van der Waals surface area contributed by atoms with Crippen molar-refractivity contribution in [1.29, 1.82) is 0 Å². The Morgan fingerprint density at radius 2 is 2.09 bits per heavy atom. The van der Waals surface area contributed by atoms with E-state index in [1.165, 1.54) is 6.33 Å². The minimum absolute atomic E-state index is 0.120. The molecular formula is C23H31N7O3. The van der Waals surface area contributed by atoms with Crippen LogP contribution >= 0.6 is 0 Å². The summed E-state index contributed by atoms with van der Waals surface area (Å²) in [7, 11) is 1.94. The van der Waals surface area contributed by atoms with Crippen LogP contribution in [-0.2, 0) is 23.1 Å². The van der Waals surface area contributed by atoms with Crippen molar-refractivity contribution in [3.05, 3.63) is 18.2 Å². The van der Waals surface area contributed by atoms with Crippen molar-refractivity contribution in [2.75, 3.05) is 26.3 Å². The minimum Gasteiger partial charge on any atom is -0.471 e. The van der Waals surface area contributed by atoms with Crippen molar-refractivity contribution in [2.45, 2.75) is 52.7 Å². The van der Waals surface area contributed by atoms with Crippen LogP contribution < -0.4 is 4.74 Å². The van der Waals surface area contributed by atoms with Crippen molar-refractivity contribution in [3.63, 3.8) is 0 Å². The van der Waals surface area contributed by atoms with Gasteiger partial charge in [0.1, 0.15) is 18.3 Å². The Morgan fingerprint density at radius 3 is 2.82 bits per heavy atom. The molecule has 1 unspecified atom stereocenters. The van der Waals surface area contributed by atoms with Gasteiger partial charge in [-0.05, 0) is 26.7 Å². The zero-order valence-corrected chi connectivity index (χ0v) is 19.7. The van der Waals surface area contributed by atoms with E-state index < -0.39 is 0 Å². The molecule has 2 aliphatic heterocycles. The maximum absolute atomic E-state index is 13.2. The molecular weight excluding hydrogens is 422 g/mol. The van der Waals surface area contributed by atoms with E-state index in [1.807, 2.05) is 34.3 Å². The average molecular weight is 454 g/mol. The van der Waals surface area contributed by atoms with Gasteiger partial charge in [0.05, 0.1) is 23.7 Å². The third-order valence-corrected chi connectivity index (χ3v) is 7.09. The molecule has 2 fully saturated rings. The SMILES string of the molecule is CCn1ncc(-c2nc3c(OC4CCN(C(=O)C5(C)CCOCC5)C4)ncnc3n2C)c1C. The van der Waals surface area contributed by atoms with Crippen LogP contribution in [0.25, 0.3) is 22.6 Å². The van der Waals surface area contributed by atoms with Gasteiger partial charge in [0.25, 0.3) is 0 Å². The first-order valence-electron chi connectivity index (χ1n) is 11.7. The normalized spacial score (nSPS) is 20.5. The summed E-state index contributed by atoms with van der Waals surface area (Å²) in [6.07, 6.45) is 5.53. The van der Waals surface area contributed by atoms with Crippen LogP contribution in [0, 0.1) is 12.3 Å². The molecule has 5 rings (SSSR count). The van der Waals surface area contributed by atoms with Crippen LogP contribution in [0.4, 0.5) is 0 Å². The number of ether oxygens (including phenoxy) is 2. The van der Waals surface area contributed by atoms with Gasteiger partial charge >= 0.3 is 0 Å². The molecule has 3 aromatic heterocycles. The summed E-state index contributed by atoms with van der Waals surface area (Å²) in [4.78, 5) is 28.8. The van der Waals surface area contributed by atoms with E-state index in [1.54, 1.807) is 0 Å². The van der Waals surface area contributed by atoms with Gasteiger partial charge in [0.15, 0.2) is 11.2 Å². The van der Waals surface area contributed by atoms with E-state index in [4.69, 9.17) is 14.5 Å². The number of carbonyl (C=O) groups excluding carboxylic acids is 1. The van der Waals surface area contributed by atoms with Gasteiger partial charge in [0.2, 0.25) is 11.8 Å². The van der Waals surface area contributed by atoms with Crippen LogP contribution in [-0.4, -0.2) is 72.5 Å².